The van der Waals surface area contributed by atoms with Crippen LogP contribution in [0.15, 0.2) is 16.8 Å². The van der Waals surface area contributed by atoms with Crippen LogP contribution < -0.4 is 0 Å². The van der Waals surface area contributed by atoms with Gasteiger partial charge in [0.15, 0.2) is 12.4 Å². The van der Waals surface area contributed by atoms with Crippen LogP contribution in [0, 0.1) is 0 Å². The van der Waals surface area contributed by atoms with Gasteiger partial charge in [-0.25, -0.2) is 4.79 Å². The summed E-state index contributed by atoms with van der Waals surface area (Å²) in [6.45, 7) is 3.93. The molecule has 2 heterocycles. The maximum Gasteiger partial charge on any atom is 0.340 e. The van der Waals surface area contributed by atoms with Crippen molar-refractivity contribution in [2.75, 3.05) is 0 Å². The minimum absolute atomic E-state index is 0.0182. The Balaban J connectivity index is 1.64. The lowest BCUT2D eigenvalue weighted by Gasteiger charge is -2.14. The molecule has 0 aliphatic heterocycles. The summed E-state index contributed by atoms with van der Waals surface area (Å²) >= 11 is 0. The number of ether oxygens (including phenoxy) is 1. The first-order valence-corrected chi connectivity index (χ1v) is 7.61. The van der Waals surface area contributed by atoms with Crippen molar-refractivity contribution in [3.63, 3.8) is 0 Å². The Morgan fingerprint density at radius 2 is 2.18 bits per heavy atom. The third-order valence-electron chi connectivity index (χ3n) is 3.73. The molecule has 2 aromatic heterocycles. The van der Waals surface area contributed by atoms with Crippen molar-refractivity contribution in [3.8, 4) is 0 Å². The average molecular weight is 301 g/mol. The van der Waals surface area contributed by atoms with Gasteiger partial charge in [-0.3, -0.25) is 4.98 Å². The molecule has 0 saturated carbocycles. The third kappa shape index (κ3) is 3.16. The molecule has 0 atom stereocenters. The molecule has 0 amide bonds. The first-order valence-electron chi connectivity index (χ1n) is 7.61. The fourth-order valence-corrected chi connectivity index (χ4v) is 2.47. The van der Waals surface area contributed by atoms with E-state index in [-0.39, 0.29) is 12.5 Å². The van der Waals surface area contributed by atoms with Gasteiger partial charge in [0.05, 0.1) is 5.56 Å². The second-order valence-electron chi connectivity index (χ2n) is 5.81. The van der Waals surface area contributed by atoms with Crippen LogP contribution in [-0.4, -0.2) is 21.1 Å². The highest BCUT2D eigenvalue weighted by atomic mass is 16.6. The largest absolute Gasteiger partial charge is 0.452 e. The molecule has 116 valence electrons. The monoisotopic (exact) mass is 301 g/mol. The van der Waals surface area contributed by atoms with E-state index < -0.39 is 5.97 Å². The Hall–Kier alpha value is -2.24. The zero-order valence-electron chi connectivity index (χ0n) is 12.8. The quantitative estimate of drug-likeness (QED) is 0.808. The molecule has 0 fully saturated rings. The Labute approximate surface area is 128 Å². The van der Waals surface area contributed by atoms with Crippen LogP contribution >= 0.6 is 0 Å². The normalized spacial score (nSPS) is 14.0. The lowest BCUT2D eigenvalue weighted by molar-refractivity contribution is 0.0429. The molecule has 0 N–H and O–H groups in total. The minimum atomic E-state index is -0.412. The van der Waals surface area contributed by atoms with Crippen LogP contribution in [0.5, 0.6) is 0 Å². The Morgan fingerprint density at radius 1 is 1.36 bits per heavy atom. The smallest absolute Gasteiger partial charge is 0.340 e. The summed E-state index contributed by atoms with van der Waals surface area (Å²) in [6.07, 6.45) is 5.86. The van der Waals surface area contributed by atoms with Gasteiger partial charge in [-0.05, 0) is 37.3 Å². The molecule has 0 saturated heterocycles. The Morgan fingerprint density at radius 3 is 2.95 bits per heavy atom. The summed E-state index contributed by atoms with van der Waals surface area (Å²) in [5.74, 6) is 0.688. The molecule has 0 spiro atoms. The summed E-state index contributed by atoms with van der Waals surface area (Å²) in [7, 11) is 0. The van der Waals surface area contributed by atoms with E-state index >= 15 is 0 Å². The van der Waals surface area contributed by atoms with Gasteiger partial charge in [-0.2, -0.15) is 4.98 Å². The maximum atomic E-state index is 12.1. The van der Waals surface area contributed by atoms with Crippen molar-refractivity contribution < 1.29 is 14.1 Å². The van der Waals surface area contributed by atoms with E-state index in [2.05, 4.69) is 15.1 Å². The zero-order valence-corrected chi connectivity index (χ0v) is 12.8. The van der Waals surface area contributed by atoms with Crippen molar-refractivity contribution in [1.82, 2.24) is 15.1 Å². The third-order valence-corrected chi connectivity index (χ3v) is 3.73. The van der Waals surface area contributed by atoms with Gasteiger partial charge >= 0.3 is 5.97 Å². The molecular formula is C16H19N3O3. The van der Waals surface area contributed by atoms with Crippen molar-refractivity contribution in [1.29, 1.82) is 0 Å². The fourth-order valence-electron chi connectivity index (χ4n) is 2.47. The number of rotatable bonds is 4. The van der Waals surface area contributed by atoms with Gasteiger partial charge in [0.2, 0.25) is 0 Å². The van der Waals surface area contributed by atoms with Crippen molar-refractivity contribution in [2.24, 2.45) is 0 Å². The number of aromatic nitrogens is 3. The highest BCUT2D eigenvalue weighted by Crippen LogP contribution is 2.20. The van der Waals surface area contributed by atoms with E-state index in [1.54, 1.807) is 6.20 Å². The number of pyridine rings is 1. The molecule has 6 heteroatoms. The van der Waals surface area contributed by atoms with Crippen LogP contribution in [0.4, 0.5) is 0 Å². The first kappa shape index (κ1) is 14.7. The lowest BCUT2D eigenvalue weighted by Crippen LogP contribution is -2.11. The van der Waals surface area contributed by atoms with Crippen LogP contribution in [0.2, 0.25) is 0 Å². The number of carbonyl (C=O) groups excluding carboxylic acids is 1. The topological polar surface area (TPSA) is 78.1 Å². The lowest BCUT2D eigenvalue weighted by atomic mass is 9.95. The number of hydrogen-bond acceptors (Lipinski definition) is 6. The van der Waals surface area contributed by atoms with Crippen LogP contribution in [-0.2, 0) is 24.2 Å². The van der Waals surface area contributed by atoms with E-state index in [0.717, 1.165) is 30.5 Å². The van der Waals surface area contributed by atoms with Gasteiger partial charge in [-0.1, -0.05) is 19.0 Å². The number of hydrogen-bond donors (Lipinski definition) is 0. The number of carbonyl (C=O) groups is 1. The van der Waals surface area contributed by atoms with Crippen molar-refractivity contribution in [2.45, 2.75) is 52.1 Å². The van der Waals surface area contributed by atoms with Crippen molar-refractivity contribution >= 4 is 5.97 Å². The SMILES string of the molecule is CC(C)c1noc(COC(=O)c2cnc3c(c2)CCCC3)n1. The van der Waals surface area contributed by atoms with Gasteiger partial charge in [-0.15, -0.1) is 0 Å². The zero-order chi connectivity index (χ0) is 15.5. The van der Waals surface area contributed by atoms with E-state index in [1.807, 2.05) is 19.9 Å². The summed E-state index contributed by atoms with van der Waals surface area (Å²) in [6, 6.07) is 1.89. The van der Waals surface area contributed by atoms with E-state index in [0.29, 0.717) is 17.3 Å². The fraction of sp³-hybridized carbons (Fsp3) is 0.500. The minimum Gasteiger partial charge on any atom is -0.452 e. The van der Waals surface area contributed by atoms with Crippen molar-refractivity contribution in [3.05, 3.63) is 40.8 Å². The molecule has 2 aromatic rings. The predicted octanol–water partition coefficient (Wildman–Crippen LogP) is 2.82. The summed E-state index contributed by atoms with van der Waals surface area (Å²) in [4.78, 5) is 20.6. The molecule has 0 unspecified atom stereocenters. The van der Waals surface area contributed by atoms with E-state index in [9.17, 15) is 4.79 Å². The second kappa shape index (κ2) is 6.25. The predicted molar refractivity (Wildman–Crippen MR) is 78.4 cm³/mol. The highest BCUT2D eigenvalue weighted by Gasteiger charge is 2.16. The Bertz CT molecular complexity index is 679. The molecule has 3 rings (SSSR count). The second-order valence-corrected chi connectivity index (χ2v) is 5.81. The molecule has 0 bridgehead atoms. The first-order chi connectivity index (χ1) is 10.6. The molecule has 1 aliphatic carbocycles. The maximum absolute atomic E-state index is 12.1. The summed E-state index contributed by atoms with van der Waals surface area (Å²) in [5.41, 5.74) is 2.73. The number of esters is 1. The van der Waals surface area contributed by atoms with Gasteiger partial charge in [0, 0.05) is 17.8 Å². The molecule has 0 radical (unpaired) electrons. The highest BCUT2D eigenvalue weighted by molar-refractivity contribution is 5.89. The van der Waals surface area contributed by atoms with E-state index in [4.69, 9.17) is 9.26 Å². The summed E-state index contributed by atoms with van der Waals surface area (Å²) in [5, 5.41) is 3.83. The standard InChI is InChI=1S/C16H19N3O3/c1-10(2)15-18-14(22-19-15)9-21-16(20)12-7-11-5-3-4-6-13(11)17-8-12/h7-8,10H,3-6,9H2,1-2H3. The van der Waals surface area contributed by atoms with Gasteiger partial charge in [0.1, 0.15) is 0 Å². The molecule has 6 nitrogen and oxygen atoms in total. The molecular weight excluding hydrogens is 282 g/mol. The van der Waals surface area contributed by atoms with Crippen LogP contribution in [0.1, 0.15) is 65.9 Å². The number of nitrogens with zero attached hydrogens (tertiary/aromatic N) is 3. The molecule has 1 aliphatic rings. The van der Waals surface area contributed by atoms with E-state index in [1.165, 1.54) is 6.42 Å². The Kier molecular flexibility index (Phi) is 4.18. The molecule has 0 aromatic carbocycles. The van der Waals surface area contributed by atoms with Crippen LogP contribution in [0.25, 0.3) is 0 Å². The van der Waals surface area contributed by atoms with Gasteiger partial charge in [0.25, 0.3) is 5.89 Å². The molecule has 22 heavy (non-hydrogen) atoms. The average Bonchev–Trinajstić information content (AvgIpc) is 3.01. The summed E-state index contributed by atoms with van der Waals surface area (Å²) < 4.78 is 10.3. The number of fused-ring (bicyclic) bond motifs is 1. The van der Waals surface area contributed by atoms with Gasteiger partial charge < -0.3 is 9.26 Å². The number of aryl methyl sites for hydroxylation is 2. The van der Waals surface area contributed by atoms with Crippen LogP contribution in [0.3, 0.4) is 0 Å².